The lowest BCUT2D eigenvalue weighted by molar-refractivity contribution is 0.0698. The summed E-state index contributed by atoms with van der Waals surface area (Å²) in [5.74, 6) is -0.509. The van der Waals surface area contributed by atoms with Crippen molar-refractivity contribution in [1.82, 2.24) is 4.57 Å². The summed E-state index contributed by atoms with van der Waals surface area (Å²) in [5.41, 5.74) is 4.93. The first kappa shape index (κ1) is 15.6. The van der Waals surface area contributed by atoms with Crippen molar-refractivity contribution < 1.29 is 9.90 Å². The summed E-state index contributed by atoms with van der Waals surface area (Å²) in [6.45, 7) is 11.4. The van der Waals surface area contributed by atoms with E-state index >= 15 is 0 Å². The van der Waals surface area contributed by atoms with E-state index in [-0.39, 0.29) is 0 Å². The summed E-state index contributed by atoms with van der Waals surface area (Å²) in [5, 5.41) is 10.8. The van der Waals surface area contributed by atoms with Crippen LogP contribution in [0.4, 0.5) is 0 Å². The molecule has 1 aromatic heterocycles. The Hall–Kier alpha value is -1.77. The number of fused-ring (bicyclic) bond motifs is 1. The number of hydrogen-bond donors (Lipinski definition) is 1. The third-order valence-electron chi connectivity index (χ3n) is 4.28. The molecule has 2 rings (SSSR count). The molecule has 0 saturated heterocycles. The van der Waals surface area contributed by atoms with E-state index in [9.17, 15) is 9.90 Å². The highest BCUT2D eigenvalue weighted by Crippen LogP contribution is 2.33. The molecular weight excluding hydrogens is 262 g/mol. The molecule has 1 aromatic carbocycles. The standard InChI is InChI=1S/C18H25NO2/c1-6-8-14-12(5)19(7-2)17-15(14)9-13(11(3)4)10-16(17)18(20)21/h9-11H,6-8H2,1-5H3,(H,20,21). The van der Waals surface area contributed by atoms with Gasteiger partial charge in [-0.1, -0.05) is 27.2 Å². The van der Waals surface area contributed by atoms with Gasteiger partial charge in [0.25, 0.3) is 0 Å². The fourth-order valence-electron chi connectivity index (χ4n) is 3.16. The van der Waals surface area contributed by atoms with Crippen molar-refractivity contribution in [3.63, 3.8) is 0 Å². The second kappa shape index (κ2) is 5.92. The van der Waals surface area contributed by atoms with Crippen molar-refractivity contribution >= 4 is 16.9 Å². The Bertz CT molecular complexity index is 680. The van der Waals surface area contributed by atoms with Gasteiger partial charge in [-0.2, -0.15) is 0 Å². The predicted molar refractivity (Wildman–Crippen MR) is 87.4 cm³/mol. The molecule has 1 heterocycles. The van der Waals surface area contributed by atoms with Gasteiger partial charge in [0.15, 0.2) is 0 Å². The first-order valence-electron chi connectivity index (χ1n) is 7.81. The number of carboxylic acids is 1. The molecule has 0 aliphatic heterocycles. The van der Waals surface area contributed by atoms with Crippen LogP contribution in [0.15, 0.2) is 12.1 Å². The van der Waals surface area contributed by atoms with Gasteiger partial charge in [0.05, 0.1) is 11.1 Å². The van der Waals surface area contributed by atoms with E-state index in [0.717, 1.165) is 35.9 Å². The molecule has 114 valence electrons. The molecule has 0 bridgehead atoms. The molecule has 0 atom stereocenters. The zero-order valence-corrected chi connectivity index (χ0v) is 13.7. The van der Waals surface area contributed by atoms with Crippen molar-refractivity contribution in [2.75, 3.05) is 0 Å². The molecule has 0 aliphatic carbocycles. The van der Waals surface area contributed by atoms with Gasteiger partial charge in [0, 0.05) is 17.6 Å². The van der Waals surface area contributed by atoms with Crippen molar-refractivity contribution in [3.8, 4) is 0 Å². The van der Waals surface area contributed by atoms with Crippen molar-refractivity contribution in [2.45, 2.75) is 59.9 Å². The van der Waals surface area contributed by atoms with Crippen molar-refractivity contribution in [2.24, 2.45) is 0 Å². The SMILES string of the molecule is CCCc1c(C)n(CC)c2c(C(=O)O)cc(C(C)C)cc12. The minimum Gasteiger partial charge on any atom is -0.478 e. The highest BCUT2D eigenvalue weighted by Gasteiger charge is 2.20. The van der Waals surface area contributed by atoms with Gasteiger partial charge in [-0.15, -0.1) is 0 Å². The van der Waals surface area contributed by atoms with Crippen molar-refractivity contribution in [1.29, 1.82) is 0 Å². The van der Waals surface area contributed by atoms with Crippen LogP contribution in [0.2, 0.25) is 0 Å². The van der Waals surface area contributed by atoms with E-state index in [1.54, 1.807) is 0 Å². The fraction of sp³-hybridized carbons (Fsp3) is 0.500. The molecule has 21 heavy (non-hydrogen) atoms. The second-order valence-corrected chi connectivity index (χ2v) is 5.98. The van der Waals surface area contributed by atoms with E-state index in [2.05, 4.69) is 45.3 Å². The molecule has 3 nitrogen and oxygen atoms in total. The lowest BCUT2D eigenvalue weighted by Crippen LogP contribution is -2.05. The molecular formula is C18H25NO2. The first-order valence-corrected chi connectivity index (χ1v) is 7.81. The van der Waals surface area contributed by atoms with Crippen LogP contribution < -0.4 is 0 Å². The average molecular weight is 287 g/mol. The van der Waals surface area contributed by atoms with Crippen LogP contribution in [0.1, 0.15) is 67.2 Å². The minimum atomic E-state index is -0.835. The molecule has 0 saturated carbocycles. The summed E-state index contributed by atoms with van der Waals surface area (Å²) in [7, 11) is 0. The predicted octanol–water partition coefficient (Wildman–Crippen LogP) is 4.74. The molecule has 0 amide bonds. The largest absolute Gasteiger partial charge is 0.478 e. The van der Waals surface area contributed by atoms with E-state index in [1.807, 2.05) is 6.07 Å². The zero-order valence-electron chi connectivity index (χ0n) is 13.7. The number of benzene rings is 1. The smallest absolute Gasteiger partial charge is 0.337 e. The lowest BCUT2D eigenvalue weighted by atomic mass is 9.96. The summed E-state index contributed by atoms with van der Waals surface area (Å²) < 4.78 is 2.15. The van der Waals surface area contributed by atoms with Crippen LogP contribution >= 0.6 is 0 Å². The highest BCUT2D eigenvalue weighted by atomic mass is 16.4. The van der Waals surface area contributed by atoms with Crippen LogP contribution in [0.3, 0.4) is 0 Å². The Morgan fingerprint density at radius 2 is 1.95 bits per heavy atom. The van der Waals surface area contributed by atoms with Gasteiger partial charge >= 0.3 is 5.97 Å². The summed E-state index contributed by atoms with van der Waals surface area (Å²) in [6, 6.07) is 4.03. The van der Waals surface area contributed by atoms with Crippen LogP contribution in [0, 0.1) is 6.92 Å². The monoisotopic (exact) mass is 287 g/mol. The highest BCUT2D eigenvalue weighted by molar-refractivity contribution is 6.04. The Kier molecular flexibility index (Phi) is 4.40. The van der Waals surface area contributed by atoms with Crippen LogP contribution in [0.5, 0.6) is 0 Å². The number of rotatable bonds is 5. The van der Waals surface area contributed by atoms with E-state index < -0.39 is 5.97 Å². The molecule has 0 unspecified atom stereocenters. The van der Waals surface area contributed by atoms with E-state index in [0.29, 0.717) is 11.5 Å². The Balaban J connectivity index is 2.92. The molecule has 0 radical (unpaired) electrons. The van der Waals surface area contributed by atoms with Gasteiger partial charge in [0.2, 0.25) is 0 Å². The van der Waals surface area contributed by atoms with Gasteiger partial charge in [-0.3, -0.25) is 0 Å². The van der Waals surface area contributed by atoms with Gasteiger partial charge in [-0.05, 0) is 49.4 Å². The molecule has 1 N–H and O–H groups in total. The Labute approximate surface area is 126 Å². The third-order valence-corrected chi connectivity index (χ3v) is 4.28. The minimum absolute atomic E-state index is 0.326. The fourth-order valence-corrected chi connectivity index (χ4v) is 3.16. The maximum absolute atomic E-state index is 11.7. The number of aromatic nitrogens is 1. The van der Waals surface area contributed by atoms with Crippen LogP contribution in [-0.2, 0) is 13.0 Å². The zero-order chi connectivity index (χ0) is 15.7. The molecule has 0 fully saturated rings. The van der Waals surface area contributed by atoms with Crippen LogP contribution in [-0.4, -0.2) is 15.6 Å². The molecule has 0 aliphatic rings. The topological polar surface area (TPSA) is 42.2 Å². The number of aryl methyl sites for hydroxylation is 2. The second-order valence-electron chi connectivity index (χ2n) is 5.98. The van der Waals surface area contributed by atoms with E-state index in [4.69, 9.17) is 0 Å². The third kappa shape index (κ3) is 2.57. The summed E-state index contributed by atoms with van der Waals surface area (Å²) >= 11 is 0. The van der Waals surface area contributed by atoms with Gasteiger partial charge in [0.1, 0.15) is 0 Å². The summed E-state index contributed by atoms with van der Waals surface area (Å²) in [6.07, 6.45) is 2.06. The average Bonchev–Trinajstić information content (AvgIpc) is 2.70. The molecule has 0 spiro atoms. The number of carbonyl (C=O) groups is 1. The number of aromatic carboxylic acids is 1. The number of hydrogen-bond acceptors (Lipinski definition) is 1. The molecule has 2 aromatic rings. The maximum atomic E-state index is 11.7. The van der Waals surface area contributed by atoms with Crippen molar-refractivity contribution in [3.05, 3.63) is 34.5 Å². The van der Waals surface area contributed by atoms with Gasteiger partial charge in [-0.25, -0.2) is 4.79 Å². The number of nitrogens with zero attached hydrogens (tertiary/aromatic N) is 1. The quantitative estimate of drug-likeness (QED) is 0.862. The Morgan fingerprint density at radius 1 is 1.29 bits per heavy atom. The van der Waals surface area contributed by atoms with Gasteiger partial charge < -0.3 is 9.67 Å². The lowest BCUT2D eigenvalue weighted by Gasteiger charge is -2.11. The maximum Gasteiger partial charge on any atom is 0.337 e. The molecule has 3 heteroatoms. The number of carboxylic acid groups (broad SMARTS) is 1. The normalized spacial score (nSPS) is 11.5. The van der Waals surface area contributed by atoms with Crippen LogP contribution in [0.25, 0.3) is 10.9 Å². The van der Waals surface area contributed by atoms with E-state index in [1.165, 1.54) is 11.3 Å². The summed E-state index contributed by atoms with van der Waals surface area (Å²) in [4.78, 5) is 11.7. The first-order chi connectivity index (χ1) is 9.92. The Morgan fingerprint density at radius 3 is 2.43 bits per heavy atom.